The van der Waals surface area contributed by atoms with Crippen molar-refractivity contribution >= 4 is 29.2 Å². The van der Waals surface area contributed by atoms with Crippen LogP contribution in [0.2, 0.25) is 0 Å². The highest BCUT2D eigenvalue weighted by Crippen LogP contribution is 2.21. The fourth-order valence-electron chi connectivity index (χ4n) is 6.12. The van der Waals surface area contributed by atoms with Crippen LogP contribution in [0.4, 0.5) is 4.79 Å². The Balaban J connectivity index is 1.47. The summed E-state index contributed by atoms with van der Waals surface area (Å²) in [5, 5.41) is 33.5. The van der Waals surface area contributed by atoms with E-state index < -0.39 is 41.8 Å². The number of phenolic OH excluding ortho intramolecular Hbond substituents is 1. The van der Waals surface area contributed by atoms with E-state index in [-0.39, 0.29) is 36.6 Å². The third-order valence-corrected chi connectivity index (χ3v) is 9.97. The van der Waals surface area contributed by atoms with Gasteiger partial charge in [-0.1, -0.05) is 70.2 Å². The predicted molar refractivity (Wildman–Crippen MR) is 203 cm³/mol. The van der Waals surface area contributed by atoms with Crippen LogP contribution in [-0.4, -0.2) is 98.9 Å². The second-order valence-corrected chi connectivity index (χ2v) is 16.2. The zero-order valence-electron chi connectivity index (χ0n) is 31.5. The minimum Gasteiger partial charge on any atom is -0.508 e. The number of carbonyl (C=O) groups excluding carboxylic acids is 3. The minimum atomic E-state index is -1.11. The number of aromatic nitrogens is 1. The first-order valence-electron chi connectivity index (χ1n) is 18.1. The van der Waals surface area contributed by atoms with Gasteiger partial charge in [-0.15, -0.1) is 11.3 Å². The number of amides is 3. The fraction of sp³-hybridized carbons (Fsp3) is 0.538. The number of piperazine rings is 1. The van der Waals surface area contributed by atoms with Crippen molar-refractivity contribution in [2.45, 2.75) is 104 Å². The van der Waals surface area contributed by atoms with Crippen molar-refractivity contribution in [2.75, 3.05) is 26.2 Å². The lowest BCUT2D eigenvalue weighted by molar-refractivity contribution is -0.135. The van der Waals surface area contributed by atoms with E-state index in [1.807, 2.05) is 67.4 Å². The molecule has 5 N–H and O–H groups in total. The van der Waals surface area contributed by atoms with Gasteiger partial charge in [0, 0.05) is 49.6 Å². The van der Waals surface area contributed by atoms with Gasteiger partial charge in [0.25, 0.3) is 5.91 Å². The van der Waals surface area contributed by atoms with E-state index >= 15 is 0 Å². The maximum absolute atomic E-state index is 13.8. The maximum Gasteiger partial charge on any atom is 0.408 e. The number of alkyl carbamates (subject to hydrolysis) is 1. The zero-order chi connectivity index (χ0) is 38.0. The first-order valence-corrected chi connectivity index (χ1v) is 18.9. The van der Waals surface area contributed by atoms with Crippen LogP contribution in [0.3, 0.4) is 0 Å². The van der Waals surface area contributed by atoms with E-state index in [2.05, 4.69) is 39.7 Å². The number of nitrogens with zero attached hydrogens (tertiary/aromatic N) is 3. The van der Waals surface area contributed by atoms with E-state index in [0.29, 0.717) is 32.6 Å². The summed E-state index contributed by atoms with van der Waals surface area (Å²) in [6, 6.07) is 15.3. The molecular weight excluding hydrogens is 681 g/mol. The molecule has 1 aromatic heterocycles. The summed E-state index contributed by atoms with van der Waals surface area (Å²) in [6.07, 6.45) is -2.58. The number of hydrogen-bond acceptors (Lipinski definition) is 10. The quantitative estimate of drug-likeness (QED) is 0.153. The Kier molecular flexibility index (Phi) is 14.6. The van der Waals surface area contributed by atoms with Crippen LogP contribution in [0, 0.1) is 5.92 Å². The summed E-state index contributed by atoms with van der Waals surface area (Å²) in [4.78, 5) is 49.0. The van der Waals surface area contributed by atoms with Gasteiger partial charge in [-0.05, 0) is 56.4 Å². The third kappa shape index (κ3) is 12.6. The largest absolute Gasteiger partial charge is 0.508 e. The molecule has 2 heterocycles. The summed E-state index contributed by atoms with van der Waals surface area (Å²) in [6.45, 7) is 15.9. The highest BCUT2D eigenvalue weighted by atomic mass is 32.1. The lowest BCUT2D eigenvalue weighted by Gasteiger charge is -2.43. The van der Waals surface area contributed by atoms with Crippen molar-refractivity contribution in [3.63, 3.8) is 0 Å². The smallest absolute Gasteiger partial charge is 0.408 e. The number of ether oxygens (including phenoxy) is 1. The fourth-order valence-corrected chi connectivity index (χ4v) is 6.95. The van der Waals surface area contributed by atoms with Crippen molar-refractivity contribution in [1.29, 1.82) is 0 Å². The zero-order valence-corrected chi connectivity index (χ0v) is 32.3. The molecule has 3 aromatic rings. The van der Waals surface area contributed by atoms with Gasteiger partial charge in [-0.25, -0.2) is 9.78 Å². The Labute approximate surface area is 312 Å². The van der Waals surface area contributed by atoms with Crippen molar-refractivity contribution in [1.82, 2.24) is 30.7 Å². The maximum atomic E-state index is 13.8. The second kappa shape index (κ2) is 18.6. The predicted octanol–water partition coefficient (Wildman–Crippen LogP) is 4.41. The van der Waals surface area contributed by atoms with Crippen LogP contribution in [0.15, 0.2) is 60.0 Å². The Hall–Kier alpha value is -4.04. The number of hydrogen-bond donors (Lipinski definition) is 5. The number of nitrogens with one attached hydrogen (secondary N) is 3. The van der Waals surface area contributed by atoms with Gasteiger partial charge in [-0.2, -0.15) is 0 Å². The molecule has 0 aliphatic carbocycles. The number of β-amino-alcohol motifs (C(OH)–C–C–N with tert-alkyl or cyclic N) is 1. The van der Waals surface area contributed by atoms with E-state index in [4.69, 9.17) is 4.74 Å². The van der Waals surface area contributed by atoms with Gasteiger partial charge in [0.2, 0.25) is 5.91 Å². The van der Waals surface area contributed by atoms with Crippen molar-refractivity contribution < 1.29 is 29.3 Å². The van der Waals surface area contributed by atoms with Gasteiger partial charge in [-0.3, -0.25) is 19.4 Å². The average Bonchev–Trinajstić information content (AvgIpc) is 3.56. The van der Waals surface area contributed by atoms with E-state index in [0.717, 1.165) is 21.8 Å². The summed E-state index contributed by atoms with van der Waals surface area (Å²) >= 11 is 1.53. The van der Waals surface area contributed by atoms with Crippen LogP contribution in [0.1, 0.15) is 76.2 Å². The molecule has 4 atom stereocenters. The topological polar surface area (TPSA) is 156 Å². The molecule has 0 saturated carbocycles. The molecule has 4 rings (SSSR count). The molecule has 1 aliphatic heterocycles. The first kappa shape index (κ1) is 40.7. The SMILES string of the molecule is CC(C)c1nc(CNC(=O)O[C@H](C(=O)N[C@@H](Cc2ccccc2)[C@H](O)CN2CCN(Cc3cccc(O)c3)C[C@H]2C(=O)NC(C)(C)C)C(C)C)cs1. The highest BCUT2D eigenvalue weighted by Gasteiger charge is 2.37. The number of aromatic hydroxyl groups is 1. The Morgan fingerprint density at radius 2 is 1.73 bits per heavy atom. The van der Waals surface area contributed by atoms with Gasteiger partial charge in [0.15, 0.2) is 6.10 Å². The highest BCUT2D eigenvalue weighted by molar-refractivity contribution is 7.09. The molecule has 0 radical (unpaired) electrons. The first-order chi connectivity index (χ1) is 24.6. The number of carbonyl (C=O) groups is 3. The molecule has 12 nitrogen and oxygen atoms in total. The Morgan fingerprint density at radius 1 is 1.02 bits per heavy atom. The van der Waals surface area contributed by atoms with Gasteiger partial charge < -0.3 is 30.9 Å². The Morgan fingerprint density at radius 3 is 2.37 bits per heavy atom. The second-order valence-electron chi connectivity index (χ2n) is 15.3. The molecule has 13 heteroatoms. The van der Waals surface area contributed by atoms with E-state index in [1.54, 1.807) is 32.0 Å². The van der Waals surface area contributed by atoms with Crippen LogP contribution >= 0.6 is 11.3 Å². The van der Waals surface area contributed by atoms with Crippen LogP contribution < -0.4 is 16.0 Å². The van der Waals surface area contributed by atoms with E-state index in [1.165, 1.54) is 11.3 Å². The number of rotatable bonds is 15. The number of aliphatic hydroxyl groups is 1. The summed E-state index contributed by atoms with van der Waals surface area (Å²) in [7, 11) is 0. The van der Waals surface area contributed by atoms with Crippen LogP contribution in [-0.2, 0) is 33.8 Å². The summed E-state index contributed by atoms with van der Waals surface area (Å²) in [5.41, 5.74) is 2.10. The number of phenols is 1. The Bertz CT molecular complexity index is 1610. The average molecular weight is 737 g/mol. The minimum absolute atomic E-state index is 0.125. The van der Waals surface area contributed by atoms with Crippen molar-refractivity contribution in [3.05, 3.63) is 81.8 Å². The number of aliphatic hydroxyl groups excluding tert-OH is 1. The molecule has 1 aliphatic rings. The monoisotopic (exact) mass is 736 g/mol. The number of benzene rings is 2. The summed E-state index contributed by atoms with van der Waals surface area (Å²) in [5.74, 6) is -0.544. The van der Waals surface area contributed by atoms with Gasteiger partial charge in [0.05, 0.1) is 29.4 Å². The molecular formula is C39H56N6O6S. The molecule has 2 aromatic carbocycles. The van der Waals surface area contributed by atoms with Crippen molar-refractivity contribution in [2.24, 2.45) is 5.92 Å². The lowest BCUT2D eigenvalue weighted by atomic mass is 9.98. The van der Waals surface area contributed by atoms with Crippen LogP contribution in [0.5, 0.6) is 5.75 Å². The molecule has 0 bridgehead atoms. The normalized spacial score (nSPS) is 17.4. The van der Waals surface area contributed by atoms with Crippen molar-refractivity contribution in [3.8, 4) is 5.75 Å². The van der Waals surface area contributed by atoms with Gasteiger partial charge >= 0.3 is 6.09 Å². The van der Waals surface area contributed by atoms with Crippen LogP contribution in [0.25, 0.3) is 0 Å². The molecule has 1 saturated heterocycles. The number of thiazole rings is 1. The molecule has 1 fully saturated rings. The molecule has 3 amide bonds. The third-order valence-electron chi connectivity index (χ3n) is 8.78. The molecule has 0 spiro atoms. The molecule has 284 valence electrons. The summed E-state index contributed by atoms with van der Waals surface area (Å²) < 4.78 is 5.64. The lowest BCUT2D eigenvalue weighted by Crippen LogP contribution is -2.63. The van der Waals surface area contributed by atoms with Gasteiger partial charge in [0.1, 0.15) is 11.8 Å². The van der Waals surface area contributed by atoms with E-state index in [9.17, 15) is 24.6 Å². The molecule has 52 heavy (non-hydrogen) atoms. The molecule has 0 unspecified atom stereocenters. The standard InChI is InChI=1S/C39H56N6O6S/c1-25(2)34(51-38(50)40-20-29-24-52-37(41-29)26(3)4)36(49)42-31(19-27-12-9-8-10-13-27)33(47)23-45-17-16-44(21-28-14-11-15-30(46)18-28)22-32(45)35(48)43-39(5,6)7/h8-15,18,24-26,31-34,46-47H,16-17,19-23H2,1-7H3,(H,40,50)(H,42,49)(H,43,48)/t31-,32-,33+,34-/m0/s1.